The van der Waals surface area contributed by atoms with E-state index in [4.69, 9.17) is 11.6 Å². The van der Waals surface area contributed by atoms with Crippen molar-refractivity contribution in [1.29, 1.82) is 0 Å². The first-order chi connectivity index (χ1) is 11.0. The summed E-state index contributed by atoms with van der Waals surface area (Å²) in [5, 5.41) is 19.0. The molecule has 0 aliphatic heterocycles. The summed E-state index contributed by atoms with van der Waals surface area (Å²) in [5.41, 5.74) is 2.14. The molecule has 0 saturated carbocycles. The second kappa shape index (κ2) is 7.69. The second-order valence-corrected chi connectivity index (χ2v) is 5.19. The second-order valence-electron chi connectivity index (χ2n) is 4.78. The molecule has 120 valence electrons. The smallest absolute Gasteiger partial charge is 0.271 e. The van der Waals surface area contributed by atoms with Crippen LogP contribution in [0.2, 0.25) is 5.02 Å². The van der Waals surface area contributed by atoms with Gasteiger partial charge < -0.3 is 4.90 Å². The quantitative estimate of drug-likeness (QED) is 0.398. The maximum Gasteiger partial charge on any atom is 0.271 e. The molecule has 2 aromatic carbocycles. The van der Waals surface area contributed by atoms with Crippen LogP contribution in [0.15, 0.2) is 52.7 Å². The number of benzene rings is 2. The Hall–Kier alpha value is -2.47. The van der Waals surface area contributed by atoms with Crippen LogP contribution < -0.4 is 4.90 Å². The first kappa shape index (κ1) is 16.9. The minimum absolute atomic E-state index is 0.0717. The van der Waals surface area contributed by atoms with Crippen molar-refractivity contribution in [3.05, 3.63) is 57.6 Å². The standard InChI is InChI=1S/C16H17ClN4O2/c1-3-20(4-2)13-7-5-12(6-8-13)18-19-16-10-9-14(21(22)23)11-15(16)17/h5-11H,3-4H2,1-2H3/b19-18+. The number of rotatable bonds is 6. The van der Waals surface area contributed by atoms with Crippen molar-refractivity contribution < 1.29 is 4.92 Å². The third-order valence-electron chi connectivity index (χ3n) is 3.39. The number of nitro groups is 1. The zero-order chi connectivity index (χ0) is 16.8. The molecule has 0 aliphatic carbocycles. The van der Waals surface area contributed by atoms with Gasteiger partial charge in [0.15, 0.2) is 0 Å². The van der Waals surface area contributed by atoms with Gasteiger partial charge in [0.2, 0.25) is 0 Å². The molecule has 0 radical (unpaired) electrons. The van der Waals surface area contributed by atoms with E-state index in [2.05, 4.69) is 29.0 Å². The van der Waals surface area contributed by atoms with Gasteiger partial charge in [0.1, 0.15) is 5.69 Å². The number of hydrogen-bond acceptors (Lipinski definition) is 5. The van der Waals surface area contributed by atoms with Crippen molar-refractivity contribution in [2.75, 3.05) is 18.0 Å². The van der Waals surface area contributed by atoms with Crippen LogP contribution >= 0.6 is 11.6 Å². The topological polar surface area (TPSA) is 71.1 Å². The number of nitrogens with zero attached hydrogens (tertiary/aromatic N) is 4. The molecular weight excluding hydrogens is 316 g/mol. The van der Waals surface area contributed by atoms with Crippen molar-refractivity contribution in [1.82, 2.24) is 0 Å². The Kier molecular flexibility index (Phi) is 5.65. The highest BCUT2D eigenvalue weighted by atomic mass is 35.5. The molecule has 0 fully saturated rings. The number of azo groups is 1. The lowest BCUT2D eigenvalue weighted by Gasteiger charge is -2.20. The number of halogens is 1. The number of nitro benzene ring substituents is 1. The summed E-state index contributed by atoms with van der Waals surface area (Å²) in [5.74, 6) is 0. The van der Waals surface area contributed by atoms with Crippen LogP contribution in [0.25, 0.3) is 0 Å². The van der Waals surface area contributed by atoms with E-state index in [1.165, 1.54) is 18.2 Å². The molecule has 0 saturated heterocycles. The van der Waals surface area contributed by atoms with Crippen LogP contribution in [0.1, 0.15) is 13.8 Å². The van der Waals surface area contributed by atoms with Gasteiger partial charge in [-0.05, 0) is 44.2 Å². The van der Waals surface area contributed by atoms with Crippen molar-refractivity contribution in [2.45, 2.75) is 13.8 Å². The molecule has 0 aliphatic rings. The van der Waals surface area contributed by atoms with Gasteiger partial charge in [-0.2, -0.15) is 5.11 Å². The van der Waals surface area contributed by atoms with Gasteiger partial charge in [-0.3, -0.25) is 10.1 Å². The molecule has 0 unspecified atom stereocenters. The third kappa shape index (κ3) is 4.26. The van der Waals surface area contributed by atoms with Crippen LogP contribution in [-0.4, -0.2) is 18.0 Å². The number of anilines is 1. The lowest BCUT2D eigenvalue weighted by Crippen LogP contribution is -2.21. The van der Waals surface area contributed by atoms with Gasteiger partial charge in [-0.15, -0.1) is 5.11 Å². The molecule has 0 aromatic heterocycles. The molecule has 2 rings (SSSR count). The van der Waals surface area contributed by atoms with Gasteiger partial charge in [0.25, 0.3) is 5.69 Å². The average Bonchev–Trinajstić information content (AvgIpc) is 2.56. The lowest BCUT2D eigenvalue weighted by atomic mass is 10.2. The third-order valence-corrected chi connectivity index (χ3v) is 3.70. The highest BCUT2D eigenvalue weighted by Gasteiger charge is 2.09. The first-order valence-corrected chi connectivity index (χ1v) is 7.63. The van der Waals surface area contributed by atoms with E-state index >= 15 is 0 Å². The van der Waals surface area contributed by atoms with Gasteiger partial charge in [0.05, 0.1) is 15.6 Å². The molecule has 0 atom stereocenters. The molecule has 2 aromatic rings. The first-order valence-electron chi connectivity index (χ1n) is 7.25. The summed E-state index contributed by atoms with van der Waals surface area (Å²) >= 11 is 5.98. The minimum atomic E-state index is -0.501. The van der Waals surface area contributed by atoms with E-state index in [0.717, 1.165) is 18.8 Å². The summed E-state index contributed by atoms with van der Waals surface area (Å²) in [7, 11) is 0. The maximum atomic E-state index is 10.7. The molecule has 0 heterocycles. The normalized spacial score (nSPS) is 10.9. The molecular formula is C16H17ClN4O2. The van der Waals surface area contributed by atoms with E-state index in [1.54, 1.807) is 0 Å². The molecule has 0 spiro atoms. The summed E-state index contributed by atoms with van der Waals surface area (Å²) in [6.45, 7) is 6.09. The Morgan fingerprint density at radius 2 is 1.74 bits per heavy atom. The van der Waals surface area contributed by atoms with Crippen LogP contribution in [0, 0.1) is 10.1 Å². The average molecular weight is 333 g/mol. The highest BCUT2D eigenvalue weighted by Crippen LogP contribution is 2.30. The Balaban J connectivity index is 2.15. The molecule has 0 bridgehead atoms. The Labute approximate surface area is 139 Å². The fourth-order valence-electron chi connectivity index (χ4n) is 2.12. The zero-order valence-electron chi connectivity index (χ0n) is 12.9. The zero-order valence-corrected chi connectivity index (χ0v) is 13.7. The lowest BCUT2D eigenvalue weighted by molar-refractivity contribution is -0.384. The van der Waals surface area contributed by atoms with Crippen molar-refractivity contribution in [3.8, 4) is 0 Å². The van der Waals surface area contributed by atoms with E-state index in [9.17, 15) is 10.1 Å². The van der Waals surface area contributed by atoms with Crippen LogP contribution in [-0.2, 0) is 0 Å². The van der Waals surface area contributed by atoms with Gasteiger partial charge in [0, 0.05) is 30.9 Å². The molecule has 0 amide bonds. The van der Waals surface area contributed by atoms with Crippen molar-refractivity contribution in [2.24, 2.45) is 10.2 Å². The Bertz CT molecular complexity index is 713. The van der Waals surface area contributed by atoms with Gasteiger partial charge in [-0.25, -0.2) is 0 Å². The highest BCUT2D eigenvalue weighted by molar-refractivity contribution is 6.33. The van der Waals surface area contributed by atoms with Crippen molar-refractivity contribution >= 4 is 34.4 Å². The Morgan fingerprint density at radius 3 is 2.26 bits per heavy atom. The van der Waals surface area contributed by atoms with E-state index in [1.807, 2.05) is 24.3 Å². The van der Waals surface area contributed by atoms with Crippen molar-refractivity contribution in [3.63, 3.8) is 0 Å². The molecule has 7 heteroatoms. The number of hydrogen-bond donors (Lipinski definition) is 0. The molecule has 0 N–H and O–H groups in total. The van der Waals surface area contributed by atoms with Gasteiger partial charge in [-0.1, -0.05) is 11.6 Å². The fourth-order valence-corrected chi connectivity index (χ4v) is 2.33. The minimum Gasteiger partial charge on any atom is -0.372 e. The van der Waals surface area contributed by atoms with E-state index in [-0.39, 0.29) is 10.7 Å². The predicted octanol–water partition coefficient (Wildman–Crippen LogP) is 5.51. The number of non-ortho nitro benzene ring substituents is 1. The summed E-state index contributed by atoms with van der Waals surface area (Å²) in [6.07, 6.45) is 0. The van der Waals surface area contributed by atoms with E-state index < -0.39 is 4.92 Å². The Morgan fingerprint density at radius 1 is 1.09 bits per heavy atom. The summed E-state index contributed by atoms with van der Waals surface area (Å²) in [4.78, 5) is 12.4. The largest absolute Gasteiger partial charge is 0.372 e. The molecule has 6 nitrogen and oxygen atoms in total. The van der Waals surface area contributed by atoms with E-state index in [0.29, 0.717) is 11.4 Å². The summed E-state index contributed by atoms with van der Waals surface area (Å²) < 4.78 is 0. The van der Waals surface area contributed by atoms with Crippen LogP contribution in [0.5, 0.6) is 0 Å². The molecule has 23 heavy (non-hydrogen) atoms. The van der Waals surface area contributed by atoms with Crippen LogP contribution in [0.3, 0.4) is 0 Å². The maximum absolute atomic E-state index is 10.7. The summed E-state index contributed by atoms with van der Waals surface area (Å²) in [6, 6.07) is 11.8. The monoisotopic (exact) mass is 332 g/mol. The fraction of sp³-hybridized carbons (Fsp3) is 0.250. The van der Waals surface area contributed by atoms with Gasteiger partial charge >= 0.3 is 0 Å². The van der Waals surface area contributed by atoms with Crippen LogP contribution in [0.4, 0.5) is 22.7 Å². The SMILES string of the molecule is CCN(CC)c1ccc(/N=N/c2ccc([N+](=O)[O-])cc2Cl)cc1. The predicted molar refractivity (Wildman–Crippen MR) is 92.3 cm³/mol.